The fraction of sp³-hybridized carbons (Fsp3) is 0.167. The van der Waals surface area contributed by atoms with Crippen LogP contribution in [0, 0.1) is 5.82 Å². The van der Waals surface area contributed by atoms with Crippen LogP contribution in [0.3, 0.4) is 0 Å². The van der Waals surface area contributed by atoms with Crippen LogP contribution in [-0.4, -0.2) is 38.5 Å². The zero-order chi connectivity index (χ0) is 20.3. The Morgan fingerprint density at radius 2 is 1.93 bits per heavy atom. The Balaban J connectivity index is 1.93. The normalized spacial score (nSPS) is 11.7. The average molecular weight is 488 g/mol. The number of benzene rings is 2. The number of aromatic amines is 1. The molecular weight excluding hydrogens is 471 g/mol. The molecule has 28 heavy (non-hydrogen) atoms. The first-order valence-electron chi connectivity index (χ1n) is 8.27. The van der Waals surface area contributed by atoms with E-state index in [9.17, 15) is 12.8 Å². The highest BCUT2D eigenvalue weighted by Gasteiger charge is 2.19. The van der Waals surface area contributed by atoms with Crippen LogP contribution in [0.15, 0.2) is 52.0 Å². The van der Waals surface area contributed by atoms with E-state index in [-0.39, 0.29) is 16.5 Å². The summed E-state index contributed by atoms with van der Waals surface area (Å²) < 4.78 is 41.6. The summed E-state index contributed by atoms with van der Waals surface area (Å²) in [5, 5.41) is 2.98. The van der Waals surface area contributed by atoms with Gasteiger partial charge in [-0.2, -0.15) is 0 Å². The van der Waals surface area contributed by atoms with Gasteiger partial charge in [-0.3, -0.25) is 0 Å². The number of sulfonamides is 1. The van der Waals surface area contributed by atoms with Gasteiger partial charge < -0.3 is 10.3 Å². The van der Waals surface area contributed by atoms with Gasteiger partial charge in [0, 0.05) is 30.4 Å². The Morgan fingerprint density at radius 3 is 2.64 bits per heavy atom. The molecule has 0 radical (unpaired) electrons. The SMILES string of the molecule is CNCCNS(=O)(=O)c1cc(-c2nc(-c3ccc(Br)c(F)c3)c[nH]2)ccc1Cl. The summed E-state index contributed by atoms with van der Waals surface area (Å²) in [7, 11) is -2.04. The average Bonchev–Trinajstić information content (AvgIpc) is 3.14. The number of rotatable bonds is 7. The van der Waals surface area contributed by atoms with E-state index in [1.54, 1.807) is 31.4 Å². The monoisotopic (exact) mass is 486 g/mol. The van der Waals surface area contributed by atoms with E-state index < -0.39 is 15.8 Å². The summed E-state index contributed by atoms with van der Waals surface area (Å²) in [6, 6.07) is 9.33. The van der Waals surface area contributed by atoms with Crippen molar-refractivity contribution >= 4 is 37.6 Å². The van der Waals surface area contributed by atoms with Gasteiger partial charge in [0.15, 0.2) is 0 Å². The van der Waals surface area contributed by atoms with Crippen LogP contribution >= 0.6 is 27.5 Å². The molecule has 1 heterocycles. The molecule has 0 saturated heterocycles. The van der Waals surface area contributed by atoms with Crippen LogP contribution in [-0.2, 0) is 10.0 Å². The number of halogens is 3. The van der Waals surface area contributed by atoms with Crippen molar-refractivity contribution in [1.29, 1.82) is 0 Å². The Morgan fingerprint density at radius 1 is 1.18 bits per heavy atom. The van der Waals surface area contributed by atoms with E-state index in [2.05, 4.69) is 35.9 Å². The molecule has 0 aliphatic rings. The third kappa shape index (κ3) is 4.61. The number of likely N-dealkylation sites (N-methyl/N-ethyl adjacent to an activating group) is 1. The second kappa shape index (κ2) is 8.71. The first-order chi connectivity index (χ1) is 13.3. The van der Waals surface area contributed by atoms with Gasteiger partial charge in [0.2, 0.25) is 10.0 Å². The fourth-order valence-corrected chi connectivity index (χ4v) is 4.32. The standard InChI is InChI=1S/C18H17BrClFN4O2S/c1-22-6-7-24-28(26,27)17-9-12(3-5-14(17)20)18-23-10-16(25-18)11-2-4-13(19)15(21)8-11/h2-5,8-10,22,24H,6-7H2,1H3,(H,23,25). The number of hydrogen-bond acceptors (Lipinski definition) is 4. The van der Waals surface area contributed by atoms with Gasteiger partial charge in [0.1, 0.15) is 16.5 Å². The predicted octanol–water partition coefficient (Wildman–Crippen LogP) is 3.80. The highest BCUT2D eigenvalue weighted by atomic mass is 79.9. The molecule has 6 nitrogen and oxygen atoms in total. The Labute approximate surface area is 175 Å². The van der Waals surface area contributed by atoms with Crippen molar-refractivity contribution in [2.45, 2.75) is 4.90 Å². The Bertz CT molecular complexity index is 1100. The lowest BCUT2D eigenvalue weighted by atomic mass is 10.2. The molecule has 0 aliphatic heterocycles. The van der Waals surface area contributed by atoms with E-state index in [1.165, 1.54) is 18.2 Å². The van der Waals surface area contributed by atoms with E-state index in [0.717, 1.165) is 0 Å². The van der Waals surface area contributed by atoms with E-state index >= 15 is 0 Å². The van der Waals surface area contributed by atoms with Crippen LogP contribution < -0.4 is 10.0 Å². The molecule has 2 aromatic carbocycles. The van der Waals surface area contributed by atoms with E-state index in [0.29, 0.717) is 33.7 Å². The van der Waals surface area contributed by atoms with Crippen LogP contribution in [0.2, 0.25) is 5.02 Å². The van der Waals surface area contributed by atoms with Crippen molar-refractivity contribution < 1.29 is 12.8 Å². The molecule has 0 aliphatic carbocycles. The number of nitrogens with zero attached hydrogens (tertiary/aromatic N) is 1. The number of H-pyrrole nitrogens is 1. The maximum absolute atomic E-state index is 13.8. The molecule has 3 N–H and O–H groups in total. The fourth-order valence-electron chi connectivity index (χ4n) is 2.52. The zero-order valence-corrected chi connectivity index (χ0v) is 17.9. The third-order valence-electron chi connectivity index (χ3n) is 3.95. The van der Waals surface area contributed by atoms with Crippen molar-refractivity contribution in [2.24, 2.45) is 0 Å². The van der Waals surface area contributed by atoms with Crippen LogP contribution in [0.1, 0.15) is 0 Å². The molecule has 10 heteroatoms. The molecule has 0 atom stereocenters. The van der Waals surface area contributed by atoms with Crippen molar-refractivity contribution in [3.63, 3.8) is 0 Å². The van der Waals surface area contributed by atoms with Gasteiger partial charge >= 0.3 is 0 Å². The third-order valence-corrected chi connectivity index (χ3v) is 6.54. The summed E-state index contributed by atoms with van der Waals surface area (Å²) in [5.74, 6) is 0.0521. The number of nitrogens with one attached hydrogen (secondary N) is 3. The first-order valence-corrected chi connectivity index (χ1v) is 10.9. The highest BCUT2D eigenvalue weighted by Crippen LogP contribution is 2.29. The molecule has 148 valence electrons. The van der Waals surface area contributed by atoms with Gasteiger partial charge in [-0.05, 0) is 53.3 Å². The maximum Gasteiger partial charge on any atom is 0.242 e. The van der Waals surface area contributed by atoms with Gasteiger partial charge in [-0.15, -0.1) is 0 Å². The topological polar surface area (TPSA) is 86.9 Å². The minimum absolute atomic E-state index is 0.0320. The molecule has 0 bridgehead atoms. The Hall–Kier alpha value is -1.78. The summed E-state index contributed by atoms with van der Waals surface area (Å²) in [6.07, 6.45) is 1.63. The van der Waals surface area contributed by atoms with Gasteiger partial charge in [-0.25, -0.2) is 22.5 Å². The number of aromatic nitrogens is 2. The molecule has 0 saturated carbocycles. The molecule has 1 aromatic heterocycles. The summed E-state index contributed by atoms with van der Waals surface area (Å²) in [6.45, 7) is 0.723. The van der Waals surface area contributed by atoms with Crippen LogP contribution in [0.25, 0.3) is 22.6 Å². The zero-order valence-electron chi connectivity index (χ0n) is 14.8. The highest BCUT2D eigenvalue weighted by molar-refractivity contribution is 9.10. The summed E-state index contributed by atoms with van der Waals surface area (Å²) in [5.41, 5.74) is 1.67. The molecular formula is C18H17BrClFN4O2S. The lowest BCUT2D eigenvalue weighted by Gasteiger charge is -2.09. The van der Waals surface area contributed by atoms with E-state index in [1.807, 2.05) is 0 Å². The van der Waals surface area contributed by atoms with Gasteiger partial charge in [0.05, 0.1) is 15.2 Å². The van der Waals surface area contributed by atoms with Crippen molar-refractivity contribution in [3.8, 4) is 22.6 Å². The second-order valence-corrected chi connectivity index (χ2v) is 8.91. The van der Waals surface area contributed by atoms with E-state index in [4.69, 9.17) is 11.6 Å². The minimum atomic E-state index is -3.77. The molecule has 0 spiro atoms. The lowest BCUT2D eigenvalue weighted by molar-refractivity contribution is 0.579. The molecule has 0 amide bonds. The summed E-state index contributed by atoms with van der Waals surface area (Å²) in [4.78, 5) is 7.40. The number of imidazole rings is 1. The van der Waals surface area contributed by atoms with Crippen LogP contribution in [0.5, 0.6) is 0 Å². The largest absolute Gasteiger partial charge is 0.344 e. The van der Waals surface area contributed by atoms with Crippen molar-refractivity contribution in [2.75, 3.05) is 20.1 Å². The maximum atomic E-state index is 13.8. The molecule has 3 aromatic rings. The van der Waals surface area contributed by atoms with Crippen molar-refractivity contribution in [3.05, 3.63) is 57.9 Å². The smallest absolute Gasteiger partial charge is 0.242 e. The Kier molecular flexibility index (Phi) is 6.51. The first kappa shape index (κ1) is 20.9. The van der Waals surface area contributed by atoms with Gasteiger partial charge in [0.25, 0.3) is 0 Å². The van der Waals surface area contributed by atoms with Crippen LogP contribution in [0.4, 0.5) is 4.39 Å². The van der Waals surface area contributed by atoms with Crippen molar-refractivity contribution in [1.82, 2.24) is 20.0 Å². The molecule has 0 unspecified atom stereocenters. The van der Waals surface area contributed by atoms with Gasteiger partial charge in [-0.1, -0.05) is 17.7 Å². The quantitative estimate of drug-likeness (QED) is 0.443. The number of hydrogen-bond donors (Lipinski definition) is 3. The molecule has 3 rings (SSSR count). The molecule has 0 fully saturated rings. The summed E-state index contributed by atoms with van der Waals surface area (Å²) >= 11 is 9.22. The lowest BCUT2D eigenvalue weighted by Crippen LogP contribution is -2.30. The predicted molar refractivity (Wildman–Crippen MR) is 111 cm³/mol. The minimum Gasteiger partial charge on any atom is -0.344 e. The second-order valence-electron chi connectivity index (χ2n) is 5.91.